The predicted molar refractivity (Wildman–Crippen MR) is 44.3 cm³/mol. The van der Waals surface area contributed by atoms with Crippen molar-refractivity contribution >= 4 is 17.4 Å². The van der Waals surface area contributed by atoms with Gasteiger partial charge >= 0.3 is 0 Å². The van der Waals surface area contributed by atoms with E-state index in [2.05, 4.69) is 28.2 Å². The van der Waals surface area contributed by atoms with Gasteiger partial charge in [0.2, 0.25) is 0 Å². The lowest BCUT2D eigenvalue weighted by atomic mass is 10.8. The summed E-state index contributed by atoms with van der Waals surface area (Å²) in [7, 11) is 8.50. The van der Waals surface area contributed by atoms with E-state index in [1.165, 1.54) is 0 Å². The van der Waals surface area contributed by atoms with E-state index in [-0.39, 0.29) is 17.4 Å². The summed E-state index contributed by atoms with van der Waals surface area (Å²) < 4.78 is 1.00. The molecule has 0 aromatic heterocycles. The van der Waals surface area contributed by atoms with Crippen molar-refractivity contribution in [2.45, 2.75) is 0 Å². The normalized spacial score (nSPS) is 8.40. The van der Waals surface area contributed by atoms with Gasteiger partial charge in [0.05, 0.1) is 33.3 Å². The summed E-state index contributed by atoms with van der Waals surface area (Å²) in [5.74, 6) is 0. The second kappa shape index (κ2) is 6.81. The molecule has 0 heterocycles. The average Bonchev–Trinajstić information content (AvgIpc) is 1.19. The molecule has 0 aliphatic rings. The number of rotatable bonds is 0. The molecule has 0 N–H and O–H groups in total. The first-order chi connectivity index (χ1) is 3.73. The van der Waals surface area contributed by atoms with Crippen LogP contribution in [0.3, 0.4) is 0 Å². The smallest absolute Gasteiger partial charge is 0.187 e. The maximum Gasteiger partial charge on any atom is 0.187 e. The van der Waals surface area contributed by atoms with Gasteiger partial charge in [-0.05, 0) is 0 Å². The molecule has 0 bridgehead atoms. The topological polar surface area (TPSA) is 66.2 Å². The lowest BCUT2D eigenvalue weighted by Crippen LogP contribution is -2.27. The summed E-state index contributed by atoms with van der Waals surface area (Å²) in [5.41, 5.74) is 0. The van der Waals surface area contributed by atoms with Crippen molar-refractivity contribution in [3.8, 4) is 0 Å². The molecule has 0 unspecified atom stereocenters. The van der Waals surface area contributed by atoms with Gasteiger partial charge in [0, 0.05) is 0 Å². The van der Waals surface area contributed by atoms with Crippen LogP contribution >= 0.6 is 0 Å². The van der Waals surface area contributed by atoms with Gasteiger partial charge in [0.15, 0.2) is 17.4 Å². The maximum absolute atomic E-state index is 8.25. The minimum absolute atomic E-state index is 0. The zero-order valence-corrected chi connectivity index (χ0v) is 6.12. The lowest BCUT2D eigenvalue weighted by Gasteiger charge is -2.14. The minimum Gasteiger partial charge on any atom is -0.356 e. The Bertz CT molecular complexity index is 81.0. The number of hydrogen-bond acceptors (Lipinski definition) is 3. The van der Waals surface area contributed by atoms with Gasteiger partial charge in [-0.15, -0.1) is 0 Å². The van der Waals surface area contributed by atoms with Crippen LogP contribution in [0.4, 0.5) is 0 Å². The van der Waals surface area contributed by atoms with Gasteiger partial charge < -0.3 is 19.8 Å². The third kappa shape index (κ3) is 3640. The molecule has 0 saturated carbocycles. The molecule has 5 nitrogen and oxygen atoms in total. The Hall–Kier alpha value is -0.308. The highest BCUT2D eigenvalue weighted by atomic mass is 27.0. The summed E-state index contributed by atoms with van der Waals surface area (Å²) in [6, 6.07) is 0. The van der Waals surface area contributed by atoms with Crippen molar-refractivity contribution in [1.82, 2.24) is 0 Å². The van der Waals surface area contributed by atoms with Crippen molar-refractivity contribution in [2.24, 2.45) is 0 Å². The zero-order valence-electron chi connectivity index (χ0n) is 6.12. The van der Waals surface area contributed by atoms with E-state index >= 15 is 0 Å². The molecule has 62 valence electrons. The van der Waals surface area contributed by atoms with Gasteiger partial charge in [0.1, 0.15) is 0 Å². The standard InChI is InChI=1S/C4H12N.Al.NO3.3H/c1-5(2,3)4;;2-1(3)4;;;/h1-4H3;;;;;/q+1;;-1;;;. The third-order valence-corrected chi connectivity index (χ3v) is 0. The first kappa shape index (κ1) is 16.4. The number of nitrogens with zero attached hydrogens (tertiary/aromatic N) is 2. The molecule has 0 aliphatic heterocycles. The van der Waals surface area contributed by atoms with Crippen LogP contribution in [0.1, 0.15) is 0 Å². The Morgan fingerprint density at radius 2 is 1.10 bits per heavy atom. The maximum atomic E-state index is 8.25. The monoisotopic (exact) mass is 166 g/mol. The first-order valence-electron chi connectivity index (χ1n) is 2.34. The number of quaternary nitrogens is 1. The third-order valence-electron chi connectivity index (χ3n) is 0. The quantitative estimate of drug-likeness (QED) is 0.198. The zero-order chi connectivity index (χ0) is 8.08. The molecule has 0 aromatic carbocycles. The average molecular weight is 166 g/mol. The van der Waals surface area contributed by atoms with Crippen LogP contribution in [-0.2, 0) is 0 Å². The largest absolute Gasteiger partial charge is 0.356 e. The second-order valence-electron chi connectivity index (χ2n) is 2.91. The predicted octanol–water partition coefficient (Wildman–Crippen LogP) is -1.10. The van der Waals surface area contributed by atoms with Gasteiger partial charge in [-0.1, -0.05) is 0 Å². The minimum atomic E-state index is -1.75. The highest BCUT2D eigenvalue weighted by molar-refractivity contribution is 5.75. The van der Waals surface area contributed by atoms with E-state index in [0.29, 0.717) is 0 Å². The van der Waals surface area contributed by atoms with Crippen molar-refractivity contribution in [2.75, 3.05) is 28.2 Å². The van der Waals surface area contributed by atoms with Crippen LogP contribution in [0.15, 0.2) is 0 Å². The fourth-order valence-electron chi connectivity index (χ4n) is 0. The molecule has 0 radical (unpaired) electrons. The Labute approximate surface area is 71.1 Å². The van der Waals surface area contributed by atoms with E-state index in [0.717, 1.165) is 4.48 Å². The van der Waals surface area contributed by atoms with Crippen molar-refractivity contribution in [1.29, 1.82) is 0 Å². The van der Waals surface area contributed by atoms with Crippen LogP contribution < -0.4 is 0 Å². The molecule has 0 saturated heterocycles. The van der Waals surface area contributed by atoms with Gasteiger partial charge in [-0.2, -0.15) is 0 Å². The van der Waals surface area contributed by atoms with Crippen LogP contribution in [0.2, 0.25) is 0 Å². The number of hydrogen-bond donors (Lipinski definition) is 0. The summed E-state index contributed by atoms with van der Waals surface area (Å²) >= 11 is 0. The molecule has 0 fully saturated rings. The molecule has 0 spiro atoms. The summed E-state index contributed by atoms with van der Waals surface area (Å²) in [6.07, 6.45) is 0. The lowest BCUT2D eigenvalue weighted by molar-refractivity contribution is -0.849. The van der Waals surface area contributed by atoms with Gasteiger partial charge in [-0.3, -0.25) is 0 Å². The van der Waals surface area contributed by atoms with Gasteiger partial charge in [0.25, 0.3) is 0 Å². The Morgan fingerprint density at radius 1 is 1.10 bits per heavy atom. The van der Waals surface area contributed by atoms with Crippen LogP contribution in [-0.4, -0.2) is 55.1 Å². The first-order valence-corrected chi connectivity index (χ1v) is 2.34. The van der Waals surface area contributed by atoms with E-state index < -0.39 is 5.09 Å². The molecule has 10 heavy (non-hydrogen) atoms. The van der Waals surface area contributed by atoms with E-state index in [9.17, 15) is 0 Å². The molecule has 0 aliphatic carbocycles. The Morgan fingerprint density at radius 3 is 1.10 bits per heavy atom. The van der Waals surface area contributed by atoms with E-state index in [1.54, 1.807) is 0 Å². The highest BCUT2D eigenvalue weighted by Gasteiger charge is 1.88. The van der Waals surface area contributed by atoms with Crippen LogP contribution in [0.25, 0.3) is 0 Å². The van der Waals surface area contributed by atoms with Crippen LogP contribution in [0.5, 0.6) is 0 Å². The molecular weight excluding hydrogens is 151 g/mol. The fourth-order valence-corrected chi connectivity index (χ4v) is 0. The van der Waals surface area contributed by atoms with Crippen LogP contribution in [0, 0.1) is 15.3 Å². The summed E-state index contributed by atoms with van der Waals surface area (Å²) in [4.78, 5) is 8.25. The summed E-state index contributed by atoms with van der Waals surface area (Å²) in [6.45, 7) is 0. The van der Waals surface area contributed by atoms with Crippen molar-refractivity contribution in [3.05, 3.63) is 15.3 Å². The molecular formula is C4H15AlN2O3. The molecule has 0 amide bonds. The Kier molecular flexibility index (Phi) is 11.1. The SMILES string of the molecule is C[N+](C)(C)C.O=[N+]([O-])[O-].[AlH3]. The molecule has 0 rings (SSSR count). The highest BCUT2D eigenvalue weighted by Crippen LogP contribution is 1.73. The second-order valence-corrected chi connectivity index (χ2v) is 2.91. The van der Waals surface area contributed by atoms with Crippen molar-refractivity contribution in [3.63, 3.8) is 0 Å². The fraction of sp³-hybridized carbons (Fsp3) is 1.00. The Balaban J connectivity index is -0.0000000910. The molecule has 6 heteroatoms. The molecule has 0 aromatic rings. The van der Waals surface area contributed by atoms with Gasteiger partial charge in [-0.25, -0.2) is 0 Å². The van der Waals surface area contributed by atoms with E-state index in [4.69, 9.17) is 15.3 Å². The molecule has 0 atom stereocenters. The van der Waals surface area contributed by atoms with E-state index in [1.807, 2.05) is 0 Å². The van der Waals surface area contributed by atoms with Crippen molar-refractivity contribution < 1.29 is 9.57 Å². The summed E-state index contributed by atoms with van der Waals surface area (Å²) in [5, 5.41) is 14.8.